The highest BCUT2D eigenvalue weighted by atomic mass is 35.5. The lowest BCUT2D eigenvalue weighted by atomic mass is 9.95. The molecule has 1 aromatic heterocycles. The quantitative estimate of drug-likeness (QED) is 0.680. The minimum absolute atomic E-state index is 0. The molecule has 0 radical (unpaired) electrons. The molecule has 1 aromatic carbocycles. The number of urea groups is 1. The van der Waals surface area contributed by atoms with Gasteiger partial charge in [0.2, 0.25) is 5.91 Å². The Morgan fingerprint density at radius 3 is 2.77 bits per heavy atom. The van der Waals surface area contributed by atoms with Gasteiger partial charge in [0, 0.05) is 37.8 Å². The summed E-state index contributed by atoms with van der Waals surface area (Å²) in [5.74, 6) is 2.31. The van der Waals surface area contributed by atoms with Crippen molar-refractivity contribution < 1.29 is 9.59 Å². The molecule has 162 valence electrons. The lowest BCUT2D eigenvalue weighted by Gasteiger charge is -2.32. The van der Waals surface area contributed by atoms with Gasteiger partial charge in [0.1, 0.15) is 11.6 Å². The zero-order valence-corrected chi connectivity index (χ0v) is 17.9. The SMILES string of the molecule is Cc1cccc(NC(=O)NCC(=O)N2CCC(c3nnc4n3CCNC4)CC2)c1.Cl. The summed E-state index contributed by atoms with van der Waals surface area (Å²) in [6, 6.07) is 7.16. The van der Waals surface area contributed by atoms with Crippen molar-refractivity contribution in [3.8, 4) is 0 Å². The molecule has 0 aliphatic carbocycles. The van der Waals surface area contributed by atoms with Crippen molar-refractivity contribution in [2.75, 3.05) is 31.5 Å². The fourth-order valence-corrected chi connectivity index (χ4v) is 3.97. The van der Waals surface area contributed by atoms with Crippen molar-refractivity contribution in [2.45, 2.75) is 38.8 Å². The predicted molar refractivity (Wildman–Crippen MR) is 116 cm³/mol. The Balaban J connectivity index is 0.00000256. The van der Waals surface area contributed by atoms with Gasteiger partial charge in [0.25, 0.3) is 0 Å². The number of hydrogen-bond donors (Lipinski definition) is 3. The van der Waals surface area contributed by atoms with E-state index in [1.807, 2.05) is 36.1 Å². The van der Waals surface area contributed by atoms with Gasteiger partial charge >= 0.3 is 6.03 Å². The molecule has 2 aromatic rings. The van der Waals surface area contributed by atoms with Crippen LogP contribution in [-0.2, 0) is 17.9 Å². The van der Waals surface area contributed by atoms with E-state index in [0.717, 1.165) is 49.7 Å². The van der Waals surface area contributed by atoms with Crippen LogP contribution in [0.4, 0.5) is 10.5 Å². The highest BCUT2D eigenvalue weighted by Gasteiger charge is 2.28. The molecule has 0 unspecified atom stereocenters. The highest BCUT2D eigenvalue weighted by molar-refractivity contribution is 5.92. The van der Waals surface area contributed by atoms with Crippen LogP contribution in [0.1, 0.15) is 36.0 Å². The van der Waals surface area contributed by atoms with E-state index < -0.39 is 0 Å². The van der Waals surface area contributed by atoms with Gasteiger partial charge in [-0.2, -0.15) is 0 Å². The minimum Gasteiger partial charge on any atom is -0.341 e. The normalized spacial score (nSPS) is 16.4. The van der Waals surface area contributed by atoms with Crippen molar-refractivity contribution in [3.05, 3.63) is 41.5 Å². The number of hydrogen-bond acceptors (Lipinski definition) is 5. The Labute approximate surface area is 182 Å². The molecule has 3 N–H and O–H groups in total. The molecule has 4 rings (SSSR count). The number of aromatic nitrogens is 3. The second-order valence-electron chi connectivity index (χ2n) is 7.64. The number of nitrogens with zero attached hydrogens (tertiary/aromatic N) is 4. The molecular formula is C20H28ClN7O2. The van der Waals surface area contributed by atoms with E-state index in [2.05, 4.69) is 30.7 Å². The van der Waals surface area contributed by atoms with Crippen LogP contribution in [0.25, 0.3) is 0 Å². The molecule has 9 nitrogen and oxygen atoms in total. The van der Waals surface area contributed by atoms with Crippen molar-refractivity contribution >= 4 is 30.0 Å². The summed E-state index contributed by atoms with van der Waals surface area (Å²) in [6.45, 7) is 5.90. The molecule has 0 atom stereocenters. The third-order valence-electron chi connectivity index (χ3n) is 5.54. The highest BCUT2D eigenvalue weighted by Crippen LogP contribution is 2.27. The van der Waals surface area contributed by atoms with Crippen molar-refractivity contribution in [1.82, 2.24) is 30.3 Å². The second-order valence-corrected chi connectivity index (χ2v) is 7.64. The lowest BCUT2D eigenvalue weighted by molar-refractivity contribution is -0.131. The smallest absolute Gasteiger partial charge is 0.319 e. The van der Waals surface area contributed by atoms with E-state index in [4.69, 9.17) is 0 Å². The second kappa shape index (κ2) is 9.90. The summed E-state index contributed by atoms with van der Waals surface area (Å²) in [6.07, 6.45) is 1.74. The van der Waals surface area contributed by atoms with Crippen LogP contribution in [0.3, 0.4) is 0 Å². The molecule has 3 heterocycles. The van der Waals surface area contributed by atoms with Gasteiger partial charge < -0.3 is 25.4 Å². The van der Waals surface area contributed by atoms with Gasteiger partial charge in [-0.05, 0) is 37.5 Å². The number of carbonyl (C=O) groups excluding carboxylic acids is 2. The van der Waals surface area contributed by atoms with Gasteiger partial charge in [-0.15, -0.1) is 22.6 Å². The molecule has 2 aliphatic heterocycles. The number of likely N-dealkylation sites (tertiary alicyclic amines) is 1. The molecule has 1 fully saturated rings. The summed E-state index contributed by atoms with van der Waals surface area (Å²) >= 11 is 0. The molecule has 0 bridgehead atoms. The maximum atomic E-state index is 12.5. The van der Waals surface area contributed by atoms with Crippen molar-refractivity contribution in [3.63, 3.8) is 0 Å². The number of anilines is 1. The van der Waals surface area contributed by atoms with Crippen LogP contribution in [0.15, 0.2) is 24.3 Å². The largest absolute Gasteiger partial charge is 0.341 e. The summed E-state index contributed by atoms with van der Waals surface area (Å²) in [4.78, 5) is 26.3. The fraction of sp³-hybridized carbons (Fsp3) is 0.500. The molecule has 0 saturated carbocycles. The van der Waals surface area contributed by atoms with Crippen LogP contribution in [-0.4, -0.2) is 57.8 Å². The van der Waals surface area contributed by atoms with E-state index in [9.17, 15) is 9.59 Å². The molecule has 2 aliphatic rings. The molecule has 30 heavy (non-hydrogen) atoms. The Bertz CT molecular complexity index is 893. The molecular weight excluding hydrogens is 406 g/mol. The van der Waals surface area contributed by atoms with Gasteiger partial charge in [0.05, 0.1) is 13.1 Å². The van der Waals surface area contributed by atoms with E-state index in [1.165, 1.54) is 0 Å². The summed E-state index contributed by atoms with van der Waals surface area (Å²) in [5.41, 5.74) is 1.77. The van der Waals surface area contributed by atoms with Gasteiger partial charge in [0.15, 0.2) is 0 Å². The van der Waals surface area contributed by atoms with Crippen LogP contribution >= 0.6 is 12.4 Å². The van der Waals surface area contributed by atoms with E-state index in [0.29, 0.717) is 24.7 Å². The van der Waals surface area contributed by atoms with E-state index >= 15 is 0 Å². The first-order valence-corrected chi connectivity index (χ1v) is 10.1. The zero-order valence-electron chi connectivity index (χ0n) is 17.1. The summed E-state index contributed by atoms with van der Waals surface area (Å²) in [7, 11) is 0. The van der Waals surface area contributed by atoms with Crippen LogP contribution < -0.4 is 16.0 Å². The lowest BCUT2D eigenvalue weighted by Crippen LogP contribution is -2.44. The first-order chi connectivity index (χ1) is 14.1. The van der Waals surface area contributed by atoms with Crippen LogP contribution in [0.2, 0.25) is 0 Å². The van der Waals surface area contributed by atoms with Gasteiger partial charge in [-0.1, -0.05) is 12.1 Å². The Hall–Kier alpha value is -2.65. The van der Waals surface area contributed by atoms with E-state index in [-0.39, 0.29) is 30.9 Å². The fourth-order valence-electron chi connectivity index (χ4n) is 3.97. The maximum Gasteiger partial charge on any atom is 0.319 e. The number of aryl methyl sites for hydroxylation is 1. The number of piperidine rings is 1. The Morgan fingerprint density at radius 2 is 2.00 bits per heavy atom. The number of carbonyl (C=O) groups is 2. The summed E-state index contributed by atoms with van der Waals surface area (Å²) in [5, 5.41) is 17.4. The molecule has 10 heteroatoms. The van der Waals surface area contributed by atoms with E-state index in [1.54, 1.807) is 0 Å². The first kappa shape index (κ1) is 22.0. The van der Waals surface area contributed by atoms with Crippen LogP contribution in [0.5, 0.6) is 0 Å². The number of amides is 3. The molecule has 3 amide bonds. The van der Waals surface area contributed by atoms with Crippen LogP contribution in [0, 0.1) is 6.92 Å². The first-order valence-electron chi connectivity index (χ1n) is 10.1. The monoisotopic (exact) mass is 433 g/mol. The minimum atomic E-state index is -0.373. The summed E-state index contributed by atoms with van der Waals surface area (Å²) < 4.78 is 2.22. The number of fused-ring (bicyclic) bond motifs is 1. The molecule has 1 saturated heterocycles. The van der Waals surface area contributed by atoms with Gasteiger partial charge in [-0.25, -0.2) is 4.79 Å². The Kier molecular flexibility index (Phi) is 7.28. The maximum absolute atomic E-state index is 12.5. The Morgan fingerprint density at radius 1 is 1.20 bits per heavy atom. The standard InChI is InChI=1S/C20H27N7O2.ClH/c1-14-3-2-4-16(11-14)23-20(29)22-13-18(28)26-8-5-15(6-9-26)19-25-24-17-12-21-7-10-27(17)19;/h2-4,11,15,21H,5-10,12-13H2,1H3,(H2,22,23,29);1H. The number of halogens is 1. The number of nitrogens with one attached hydrogen (secondary N) is 3. The van der Waals surface area contributed by atoms with Crippen molar-refractivity contribution in [2.24, 2.45) is 0 Å². The van der Waals surface area contributed by atoms with Crippen molar-refractivity contribution in [1.29, 1.82) is 0 Å². The third kappa shape index (κ3) is 5.09. The number of benzene rings is 1. The zero-order chi connectivity index (χ0) is 20.2. The topological polar surface area (TPSA) is 104 Å². The predicted octanol–water partition coefficient (Wildman–Crippen LogP) is 1.64. The number of rotatable bonds is 4. The average molecular weight is 434 g/mol. The average Bonchev–Trinajstić information content (AvgIpc) is 3.16. The van der Waals surface area contributed by atoms with Gasteiger partial charge in [-0.3, -0.25) is 4.79 Å². The molecule has 0 spiro atoms. The third-order valence-corrected chi connectivity index (χ3v) is 5.54.